The van der Waals surface area contributed by atoms with E-state index >= 15 is 0 Å². The summed E-state index contributed by atoms with van der Waals surface area (Å²) >= 11 is 0. The molecule has 0 atom stereocenters. The average molecular weight is 243 g/mol. The highest BCUT2D eigenvalue weighted by molar-refractivity contribution is 5.27. The predicted octanol–water partition coefficient (Wildman–Crippen LogP) is 3.00. The fourth-order valence-corrected chi connectivity index (χ4v) is 1.85. The summed E-state index contributed by atoms with van der Waals surface area (Å²) in [6, 6.07) is 8.83. The Balaban J connectivity index is 1.87. The third-order valence-corrected chi connectivity index (χ3v) is 3.03. The molecule has 0 aliphatic heterocycles. The molecular formula is C15H21N3. The van der Waals surface area contributed by atoms with Crippen molar-refractivity contribution < 1.29 is 0 Å². The maximum absolute atomic E-state index is 3.92. The Morgan fingerprint density at radius 2 is 1.72 bits per heavy atom. The maximum atomic E-state index is 3.92. The molecule has 18 heavy (non-hydrogen) atoms. The van der Waals surface area contributed by atoms with Gasteiger partial charge in [0.15, 0.2) is 0 Å². The summed E-state index contributed by atoms with van der Waals surface area (Å²) < 4.78 is 0. The van der Waals surface area contributed by atoms with Crippen LogP contribution in [0.1, 0.15) is 37.5 Å². The number of hydrogen-bond acceptors (Lipinski definition) is 2. The van der Waals surface area contributed by atoms with Crippen molar-refractivity contribution in [3.63, 3.8) is 0 Å². The van der Waals surface area contributed by atoms with Crippen LogP contribution in [-0.4, -0.2) is 10.2 Å². The van der Waals surface area contributed by atoms with E-state index in [4.69, 9.17) is 0 Å². The molecule has 0 aliphatic rings. The molecule has 0 aliphatic carbocycles. The van der Waals surface area contributed by atoms with Crippen molar-refractivity contribution in [2.45, 2.75) is 39.3 Å². The lowest BCUT2D eigenvalue weighted by Crippen LogP contribution is -2.13. The number of aromatic amines is 1. The minimum Gasteiger partial charge on any atom is -0.309 e. The Labute approximate surface area is 109 Å². The third-order valence-electron chi connectivity index (χ3n) is 3.03. The smallest absolute Gasteiger partial charge is 0.0532 e. The fourth-order valence-electron chi connectivity index (χ4n) is 1.85. The van der Waals surface area contributed by atoms with Crippen LogP contribution in [-0.2, 0) is 18.5 Å². The highest BCUT2D eigenvalue weighted by Gasteiger charge is 2.12. The van der Waals surface area contributed by atoms with Gasteiger partial charge in [-0.3, -0.25) is 5.10 Å². The molecule has 2 rings (SSSR count). The molecule has 1 heterocycles. The van der Waals surface area contributed by atoms with Crippen molar-refractivity contribution >= 4 is 0 Å². The summed E-state index contributed by atoms with van der Waals surface area (Å²) in [7, 11) is 0. The van der Waals surface area contributed by atoms with E-state index in [1.807, 2.05) is 12.4 Å². The molecule has 2 aromatic rings. The van der Waals surface area contributed by atoms with E-state index in [2.05, 4.69) is 60.6 Å². The van der Waals surface area contributed by atoms with Crippen LogP contribution in [0.5, 0.6) is 0 Å². The predicted molar refractivity (Wildman–Crippen MR) is 74.3 cm³/mol. The van der Waals surface area contributed by atoms with E-state index in [-0.39, 0.29) is 5.41 Å². The zero-order valence-electron chi connectivity index (χ0n) is 11.3. The lowest BCUT2D eigenvalue weighted by molar-refractivity contribution is 0.589. The van der Waals surface area contributed by atoms with Gasteiger partial charge in [0.1, 0.15) is 0 Å². The van der Waals surface area contributed by atoms with Crippen molar-refractivity contribution in [2.75, 3.05) is 0 Å². The molecule has 3 nitrogen and oxygen atoms in total. The standard InChI is InChI=1S/C15H21N3/c1-15(2,3)14-6-4-12(5-7-14)8-16-9-13-10-17-18-11-13/h4-7,10-11,16H,8-9H2,1-3H3,(H,17,18). The first-order valence-corrected chi connectivity index (χ1v) is 6.33. The zero-order chi connectivity index (χ0) is 13.0. The van der Waals surface area contributed by atoms with Gasteiger partial charge < -0.3 is 5.32 Å². The van der Waals surface area contributed by atoms with Gasteiger partial charge in [0.05, 0.1) is 6.20 Å². The molecular weight excluding hydrogens is 222 g/mol. The Bertz CT molecular complexity index is 463. The maximum Gasteiger partial charge on any atom is 0.0532 e. The summed E-state index contributed by atoms with van der Waals surface area (Å²) in [5.74, 6) is 0. The van der Waals surface area contributed by atoms with Crippen LogP contribution in [0.15, 0.2) is 36.7 Å². The van der Waals surface area contributed by atoms with Crippen LogP contribution in [0.4, 0.5) is 0 Å². The van der Waals surface area contributed by atoms with Gasteiger partial charge in [-0.15, -0.1) is 0 Å². The molecule has 0 amide bonds. The fraction of sp³-hybridized carbons (Fsp3) is 0.400. The highest BCUT2D eigenvalue weighted by Crippen LogP contribution is 2.22. The van der Waals surface area contributed by atoms with E-state index in [0.29, 0.717) is 0 Å². The molecule has 0 radical (unpaired) electrons. The summed E-state index contributed by atoms with van der Waals surface area (Å²) in [6.07, 6.45) is 3.76. The van der Waals surface area contributed by atoms with E-state index in [0.717, 1.165) is 13.1 Å². The lowest BCUT2D eigenvalue weighted by atomic mass is 9.87. The van der Waals surface area contributed by atoms with Crippen molar-refractivity contribution in [2.24, 2.45) is 0 Å². The van der Waals surface area contributed by atoms with Crippen LogP contribution >= 0.6 is 0 Å². The SMILES string of the molecule is CC(C)(C)c1ccc(CNCc2cn[nH]c2)cc1. The highest BCUT2D eigenvalue weighted by atomic mass is 15.1. The van der Waals surface area contributed by atoms with Gasteiger partial charge in [-0.1, -0.05) is 45.0 Å². The summed E-state index contributed by atoms with van der Waals surface area (Å²) in [5.41, 5.74) is 4.09. The lowest BCUT2D eigenvalue weighted by Gasteiger charge is -2.19. The second-order valence-corrected chi connectivity index (χ2v) is 5.66. The first-order chi connectivity index (χ1) is 8.55. The van der Waals surface area contributed by atoms with E-state index in [9.17, 15) is 0 Å². The van der Waals surface area contributed by atoms with Crippen molar-refractivity contribution in [3.05, 3.63) is 53.3 Å². The number of benzene rings is 1. The first-order valence-electron chi connectivity index (χ1n) is 6.33. The molecule has 0 spiro atoms. The van der Waals surface area contributed by atoms with Gasteiger partial charge in [0.2, 0.25) is 0 Å². The monoisotopic (exact) mass is 243 g/mol. The van der Waals surface area contributed by atoms with Crippen LogP contribution in [0.2, 0.25) is 0 Å². The number of hydrogen-bond donors (Lipinski definition) is 2. The van der Waals surface area contributed by atoms with Crippen LogP contribution in [0.25, 0.3) is 0 Å². The molecule has 1 aromatic heterocycles. The zero-order valence-corrected chi connectivity index (χ0v) is 11.3. The molecule has 96 valence electrons. The van der Waals surface area contributed by atoms with E-state index in [1.165, 1.54) is 16.7 Å². The normalized spacial score (nSPS) is 11.7. The first kappa shape index (κ1) is 12.8. The van der Waals surface area contributed by atoms with E-state index in [1.54, 1.807) is 0 Å². The number of nitrogens with zero attached hydrogens (tertiary/aromatic N) is 1. The largest absolute Gasteiger partial charge is 0.309 e. The summed E-state index contributed by atoms with van der Waals surface area (Å²) in [5, 5.41) is 10.1. The molecule has 3 heteroatoms. The van der Waals surface area contributed by atoms with E-state index < -0.39 is 0 Å². The topological polar surface area (TPSA) is 40.7 Å². The van der Waals surface area contributed by atoms with Crippen molar-refractivity contribution in [3.8, 4) is 0 Å². The van der Waals surface area contributed by atoms with Gasteiger partial charge >= 0.3 is 0 Å². The Morgan fingerprint density at radius 1 is 1.06 bits per heavy atom. The van der Waals surface area contributed by atoms with Gasteiger partial charge in [-0.05, 0) is 16.5 Å². The molecule has 1 aromatic carbocycles. The molecule has 0 saturated heterocycles. The van der Waals surface area contributed by atoms with Crippen LogP contribution in [0.3, 0.4) is 0 Å². The number of rotatable bonds is 4. The molecule has 2 N–H and O–H groups in total. The average Bonchev–Trinajstić information content (AvgIpc) is 2.82. The number of H-pyrrole nitrogens is 1. The Kier molecular flexibility index (Phi) is 3.82. The molecule has 0 fully saturated rings. The van der Waals surface area contributed by atoms with Crippen molar-refractivity contribution in [1.29, 1.82) is 0 Å². The van der Waals surface area contributed by atoms with Crippen LogP contribution < -0.4 is 5.32 Å². The molecule has 0 unspecified atom stereocenters. The van der Waals surface area contributed by atoms with Gasteiger partial charge in [0.25, 0.3) is 0 Å². The Hall–Kier alpha value is -1.61. The number of aromatic nitrogens is 2. The Morgan fingerprint density at radius 3 is 2.28 bits per heavy atom. The summed E-state index contributed by atoms with van der Waals surface area (Å²) in [6.45, 7) is 8.44. The minimum atomic E-state index is 0.225. The minimum absolute atomic E-state index is 0.225. The second kappa shape index (κ2) is 5.36. The summed E-state index contributed by atoms with van der Waals surface area (Å²) in [4.78, 5) is 0. The van der Waals surface area contributed by atoms with Gasteiger partial charge in [-0.25, -0.2) is 0 Å². The molecule has 0 bridgehead atoms. The van der Waals surface area contributed by atoms with Crippen molar-refractivity contribution in [1.82, 2.24) is 15.5 Å². The second-order valence-electron chi connectivity index (χ2n) is 5.66. The molecule has 0 saturated carbocycles. The van der Waals surface area contributed by atoms with Gasteiger partial charge in [0, 0.05) is 24.8 Å². The van der Waals surface area contributed by atoms with Crippen LogP contribution in [0, 0.1) is 0 Å². The third kappa shape index (κ3) is 3.44. The number of nitrogens with one attached hydrogen (secondary N) is 2. The van der Waals surface area contributed by atoms with Gasteiger partial charge in [-0.2, -0.15) is 5.10 Å². The quantitative estimate of drug-likeness (QED) is 0.866.